The molecule has 0 radical (unpaired) electrons. The van der Waals surface area contributed by atoms with Crippen LogP contribution in [-0.2, 0) is 0 Å². The number of fused-ring (bicyclic) bond motifs is 17. The first-order valence-electron chi connectivity index (χ1n) is 43.3. The van der Waals surface area contributed by atoms with E-state index in [1.807, 2.05) is 12.1 Å². The summed E-state index contributed by atoms with van der Waals surface area (Å²) in [5.41, 5.74) is 32.1. The Balaban J connectivity index is 0.000000137. The Labute approximate surface area is 726 Å². The lowest BCUT2D eigenvalue weighted by molar-refractivity contribution is 0.669. The van der Waals surface area contributed by atoms with E-state index in [0.29, 0.717) is 0 Å². The molecule has 0 saturated heterocycles. The van der Waals surface area contributed by atoms with Crippen molar-refractivity contribution in [1.82, 2.24) is 9.13 Å². The molecule has 586 valence electrons. The molecule has 4 heteroatoms. The van der Waals surface area contributed by atoms with Crippen LogP contribution in [0.1, 0.15) is 0 Å². The minimum Gasteiger partial charge on any atom is -0.455 e. The second kappa shape index (κ2) is 29.6. The SMILES string of the molecule is c1ccc(-c2c3ccccc3c(-c3ccc(-n4c5ccc(-c6ccc7ccccc7c6)cc5c5cc(-c6cccc7c6oc6ccccc67)ccc54)cc3)c3ccccc23)cc1.c1ccc(-c2ccc(-c3ccc4c(c3)c3cc(-c5cccc6c5oc5ccccc56)ccc3n4-c3ccc(-c4c5ccccc5c(-c5ccccc5)c5ccccc45)cc3)cc2)cc1. The van der Waals surface area contributed by atoms with Gasteiger partial charge in [-0.15, -0.1) is 0 Å². The molecular formula is C122H76N2O2. The Kier molecular flexibility index (Phi) is 17.0. The predicted octanol–water partition coefficient (Wildman–Crippen LogP) is 34.1. The zero-order valence-electron chi connectivity index (χ0n) is 68.6. The summed E-state index contributed by atoms with van der Waals surface area (Å²) >= 11 is 0. The fourth-order valence-electron chi connectivity index (χ4n) is 20.4. The van der Waals surface area contributed by atoms with Crippen LogP contribution in [0.2, 0.25) is 0 Å². The van der Waals surface area contributed by atoms with Crippen LogP contribution in [0.5, 0.6) is 0 Å². The lowest BCUT2D eigenvalue weighted by atomic mass is 9.86. The van der Waals surface area contributed by atoms with Crippen molar-refractivity contribution in [3.63, 3.8) is 0 Å². The van der Waals surface area contributed by atoms with Gasteiger partial charge in [-0.2, -0.15) is 0 Å². The maximum absolute atomic E-state index is 6.56. The van der Waals surface area contributed by atoms with E-state index < -0.39 is 0 Å². The van der Waals surface area contributed by atoms with E-state index in [1.54, 1.807) is 0 Å². The van der Waals surface area contributed by atoms with Crippen molar-refractivity contribution < 1.29 is 8.83 Å². The molecule has 0 amide bonds. The number of aromatic nitrogens is 2. The first kappa shape index (κ1) is 72.2. The first-order chi connectivity index (χ1) is 62.5. The molecule has 0 saturated carbocycles. The van der Waals surface area contributed by atoms with Crippen LogP contribution in [0.4, 0.5) is 0 Å². The highest BCUT2D eigenvalue weighted by atomic mass is 16.3. The molecule has 4 aromatic heterocycles. The molecule has 0 bridgehead atoms. The molecule has 0 aliphatic heterocycles. The fourth-order valence-corrected chi connectivity index (χ4v) is 20.4. The third-order valence-electron chi connectivity index (χ3n) is 26.2. The van der Waals surface area contributed by atoms with Crippen molar-refractivity contribution in [3.05, 3.63) is 461 Å². The molecule has 26 aromatic rings. The smallest absolute Gasteiger partial charge is 0.143 e. The zero-order valence-corrected chi connectivity index (χ0v) is 68.6. The molecule has 4 heterocycles. The molecule has 0 atom stereocenters. The highest BCUT2D eigenvalue weighted by Crippen LogP contribution is 2.50. The van der Waals surface area contributed by atoms with Crippen molar-refractivity contribution in [1.29, 1.82) is 0 Å². The highest BCUT2D eigenvalue weighted by molar-refractivity contribution is 6.24. The number of hydrogen-bond donors (Lipinski definition) is 0. The third-order valence-corrected chi connectivity index (χ3v) is 26.2. The maximum atomic E-state index is 6.56. The molecule has 26 rings (SSSR count). The maximum Gasteiger partial charge on any atom is 0.143 e. The van der Waals surface area contributed by atoms with Gasteiger partial charge >= 0.3 is 0 Å². The monoisotopic (exact) mass is 1600 g/mol. The Morgan fingerprint density at radius 1 is 0.143 bits per heavy atom. The Morgan fingerprint density at radius 3 is 0.786 bits per heavy atom. The molecular weight excluding hydrogens is 1530 g/mol. The van der Waals surface area contributed by atoms with Crippen LogP contribution in [0.3, 0.4) is 0 Å². The first-order valence-corrected chi connectivity index (χ1v) is 43.3. The van der Waals surface area contributed by atoms with E-state index in [1.165, 1.54) is 159 Å². The number of rotatable bonds is 11. The van der Waals surface area contributed by atoms with E-state index in [-0.39, 0.29) is 0 Å². The second-order valence-electron chi connectivity index (χ2n) is 33.2. The number of furan rings is 2. The average molecular weight is 1600 g/mol. The van der Waals surface area contributed by atoms with Crippen LogP contribution in [0.25, 0.3) is 253 Å². The largest absolute Gasteiger partial charge is 0.455 e. The van der Waals surface area contributed by atoms with Crippen molar-refractivity contribution in [3.8, 4) is 112 Å². The molecule has 126 heavy (non-hydrogen) atoms. The minimum absolute atomic E-state index is 0.905. The summed E-state index contributed by atoms with van der Waals surface area (Å²) in [5, 5.41) is 21.9. The van der Waals surface area contributed by atoms with Gasteiger partial charge in [0.25, 0.3) is 0 Å². The molecule has 0 unspecified atom stereocenters. The molecule has 4 nitrogen and oxygen atoms in total. The Bertz CT molecular complexity index is 8740. The summed E-state index contributed by atoms with van der Waals surface area (Å²) in [6.07, 6.45) is 0. The second-order valence-corrected chi connectivity index (χ2v) is 33.2. The van der Waals surface area contributed by atoms with Crippen molar-refractivity contribution in [2.24, 2.45) is 0 Å². The van der Waals surface area contributed by atoms with Gasteiger partial charge in [-0.1, -0.05) is 370 Å². The highest BCUT2D eigenvalue weighted by Gasteiger charge is 2.24. The molecule has 0 aliphatic carbocycles. The lowest BCUT2D eigenvalue weighted by Gasteiger charge is -2.18. The number of nitrogens with zero attached hydrogens (tertiary/aromatic N) is 2. The molecule has 0 spiro atoms. The van der Waals surface area contributed by atoms with E-state index in [0.717, 1.165) is 94.1 Å². The van der Waals surface area contributed by atoms with Crippen LogP contribution in [-0.4, -0.2) is 9.13 Å². The van der Waals surface area contributed by atoms with Crippen LogP contribution in [0, 0.1) is 0 Å². The number of para-hydroxylation sites is 4. The van der Waals surface area contributed by atoms with Crippen molar-refractivity contribution in [2.75, 3.05) is 0 Å². The lowest BCUT2D eigenvalue weighted by Crippen LogP contribution is -1.95. The van der Waals surface area contributed by atoms with Gasteiger partial charge in [-0.3, -0.25) is 0 Å². The summed E-state index contributed by atoms with van der Waals surface area (Å²) < 4.78 is 18.0. The summed E-state index contributed by atoms with van der Waals surface area (Å²) in [6, 6.07) is 168. The molecule has 22 aromatic carbocycles. The fraction of sp³-hybridized carbons (Fsp3) is 0. The topological polar surface area (TPSA) is 36.1 Å². The van der Waals surface area contributed by atoms with Crippen LogP contribution >= 0.6 is 0 Å². The molecule has 0 N–H and O–H groups in total. The van der Waals surface area contributed by atoms with Gasteiger partial charge in [-0.05, 0) is 234 Å². The van der Waals surface area contributed by atoms with E-state index in [9.17, 15) is 0 Å². The van der Waals surface area contributed by atoms with Crippen molar-refractivity contribution >= 4 is 141 Å². The zero-order chi connectivity index (χ0) is 82.9. The van der Waals surface area contributed by atoms with Gasteiger partial charge in [0.15, 0.2) is 0 Å². The summed E-state index contributed by atoms with van der Waals surface area (Å²) in [6.45, 7) is 0. The van der Waals surface area contributed by atoms with E-state index in [2.05, 4.69) is 458 Å². The average Bonchev–Trinajstić information content (AvgIpc) is 1.75. The normalized spacial score (nSPS) is 11.8. The van der Waals surface area contributed by atoms with Crippen molar-refractivity contribution in [2.45, 2.75) is 0 Å². The van der Waals surface area contributed by atoms with Gasteiger partial charge in [0, 0.05) is 65.6 Å². The van der Waals surface area contributed by atoms with Gasteiger partial charge in [0.05, 0.1) is 22.1 Å². The van der Waals surface area contributed by atoms with Gasteiger partial charge in [0.2, 0.25) is 0 Å². The number of benzene rings is 22. The summed E-state index contributed by atoms with van der Waals surface area (Å²) in [7, 11) is 0. The number of hydrogen-bond acceptors (Lipinski definition) is 2. The standard InChI is InChI=1S/C62H39NO.C60H37NO/c1-3-14-40(15-4-1)41-26-28-42(29-27-41)45-32-36-57-55(38-45)56-39-46(48-23-13-24-54-49-18-11-12-25-59(49)64-62(48)54)33-37-58(56)63(57)47-34-30-44(31-35-47)61-52-21-9-7-19-50(52)60(43-16-5-2-6-17-43)51-20-8-10-22-53(51)61;1-2-14-39(15-3-1)58-48-18-6-8-20-50(48)59(51-21-9-7-19-49(51)58)40-27-31-45(32-28-40)61-55-33-29-43(42-26-25-38-13-4-5-16-41(38)35-42)36-53(55)54-37-44(30-34-56(54)61)46-22-12-23-52-47-17-10-11-24-57(47)62-60(46)52/h1-39H;1-37H. The summed E-state index contributed by atoms with van der Waals surface area (Å²) in [5.74, 6) is 0. The predicted molar refractivity (Wildman–Crippen MR) is 533 cm³/mol. The Morgan fingerprint density at radius 2 is 0.397 bits per heavy atom. The van der Waals surface area contributed by atoms with E-state index in [4.69, 9.17) is 8.83 Å². The Hall–Kier alpha value is -16.7. The third kappa shape index (κ3) is 11.9. The van der Waals surface area contributed by atoms with Gasteiger partial charge < -0.3 is 18.0 Å². The van der Waals surface area contributed by atoms with Crippen LogP contribution < -0.4 is 0 Å². The summed E-state index contributed by atoms with van der Waals surface area (Å²) in [4.78, 5) is 0. The quantitative estimate of drug-likeness (QED) is 0.121. The molecule has 0 aliphatic rings. The van der Waals surface area contributed by atoms with Crippen LogP contribution in [0.15, 0.2) is 470 Å². The van der Waals surface area contributed by atoms with Gasteiger partial charge in [-0.25, -0.2) is 0 Å². The van der Waals surface area contributed by atoms with Gasteiger partial charge in [0.1, 0.15) is 22.3 Å². The molecule has 0 fully saturated rings. The minimum atomic E-state index is 0.905. The van der Waals surface area contributed by atoms with E-state index >= 15 is 0 Å².